The molecule has 1 aromatic carbocycles. The molecule has 0 atom stereocenters. The molecule has 2 N–H and O–H groups in total. The van der Waals surface area contributed by atoms with Gasteiger partial charge in [0.25, 0.3) is 0 Å². The van der Waals surface area contributed by atoms with E-state index >= 15 is 0 Å². The van der Waals surface area contributed by atoms with Crippen LogP contribution in [0.15, 0.2) is 24.3 Å². The molecular formula is C15H22N2O4. The Hall–Kier alpha value is -2.08. The van der Waals surface area contributed by atoms with Gasteiger partial charge in [-0.3, -0.25) is 9.59 Å². The Morgan fingerprint density at radius 1 is 1.10 bits per heavy atom. The predicted octanol–water partition coefficient (Wildman–Crippen LogP) is 0.507. The van der Waals surface area contributed by atoms with Crippen LogP contribution in [0.1, 0.15) is 12.0 Å². The van der Waals surface area contributed by atoms with Crippen molar-refractivity contribution in [3.8, 4) is 5.75 Å². The molecular weight excluding hydrogens is 272 g/mol. The van der Waals surface area contributed by atoms with E-state index in [0.29, 0.717) is 32.5 Å². The lowest BCUT2D eigenvalue weighted by Gasteiger charge is -2.07. The van der Waals surface area contributed by atoms with Crippen molar-refractivity contribution in [1.29, 1.82) is 0 Å². The highest BCUT2D eigenvalue weighted by Crippen LogP contribution is 2.12. The molecule has 0 saturated carbocycles. The highest BCUT2D eigenvalue weighted by atomic mass is 16.5. The maximum Gasteiger partial charge on any atom is 0.309 e. The van der Waals surface area contributed by atoms with Crippen LogP contribution in [0, 0.1) is 0 Å². The Morgan fingerprint density at radius 2 is 1.81 bits per heavy atom. The molecule has 21 heavy (non-hydrogen) atoms. The quantitative estimate of drug-likeness (QED) is 0.541. The van der Waals surface area contributed by atoms with Crippen LogP contribution in [0.25, 0.3) is 0 Å². The lowest BCUT2D eigenvalue weighted by atomic mass is 10.1. The van der Waals surface area contributed by atoms with E-state index < -0.39 is 11.8 Å². The van der Waals surface area contributed by atoms with Gasteiger partial charge in [-0.1, -0.05) is 12.1 Å². The molecule has 116 valence electrons. The van der Waals surface area contributed by atoms with E-state index in [0.717, 1.165) is 11.3 Å². The SMILES string of the molecule is COCCCNC(=O)C(=O)NCCc1cccc(OC)c1. The van der Waals surface area contributed by atoms with Gasteiger partial charge < -0.3 is 20.1 Å². The normalized spacial score (nSPS) is 10.0. The van der Waals surface area contributed by atoms with Gasteiger partial charge in [-0.25, -0.2) is 0 Å². The van der Waals surface area contributed by atoms with Gasteiger partial charge in [-0.05, 0) is 30.5 Å². The smallest absolute Gasteiger partial charge is 0.309 e. The molecule has 0 saturated heterocycles. The molecule has 1 rings (SSSR count). The summed E-state index contributed by atoms with van der Waals surface area (Å²) in [6.07, 6.45) is 1.32. The standard InChI is InChI=1S/C15H22N2O4/c1-20-10-4-8-16-14(18)15(19)17-9-7-12-5-3-6-13(11-12)21-2/h3,5-6,11H,4,7-10H2,1-2H3,(H,16,18)(H,17,19). The Bertz CT molecular complexity index is 463. The van der Waals surface area contributed by atoms with Gasteiger partial charge in [-0.15, -0.1) is 0 Å². The second kappa shape index (κ2) is 9.77. The topological polar surface area (TPSA) is 76.7 Å². The second-order valence-corrected chi connectivity index (χ2v) is 4.46. The minimum absolute atomic E-state index is 0.400. The summed E-state index contributed by atoms with van der Waals surface area (Å²) < 4.78 is 9.98. The fourth-order valence-electron chi connectivity index (χ4n) is 1.73. The Morgan fingerprint density at radius 3 is 2.48 bits per heavy atom. The maximum atomic E-state index is 11.5. The molecule has 0 radical (unpaired) electrons. The lowest BCUT2D eigenvalue weighted by molar-refractivity contribution is -0.139. The molecule has 6 nitrogen and oxygen atoms in total. The molecule has 0 aliphatic rings. The Labute approximate surface area is 124 Å². The summed E-state index contributed by atoms with van der Waals surface area (Å²) in [5, 5.41) is 5.12. The highest BCUT2D eigenvalue weighted by Gasteiger charge is 2.11. The highest BCUT2D eigenvalue weighted by molar-refractivity contribution is 6.35. The minimum atomic E-state index is -0.615. The number of carbonyl (C=O) groups is 2. The third-order valence-corrected chi connectivity index (χ3v) is 2.85. The summed E-state index contributed by atoms with van der Waals surface area (Å²) in [7, 11) is 3.20. The van der Waals surface area contributed by atoms with Crippen LogP contribution >= 0.6 is 0 Å². The molecule has 0 unspecified atom stereocenters. The van der Waals surface area contributed by atoms with E-state index in [1.807, 2.05) is 24.3 Å². The van der Waals surface area contributed by atoms with E-state index in [1.54, 1.807) is 14.2 Å². The molecule has 0 aliphatic heterocycles. The third-order valence-electron chi connectivity index (χ3n) is 2.85. The Kier molecular flexibility index (Phi) is 7.89. The summed E-state index contributed by atoms with van der Waals surface area (Å²) in [4.78, 5) is 23.0. The lowest BCUT2D eigenvalue weighted by Crippen LogP contribution is -2.41. The summed E-state index contributed by atoms with van der Waals surface area (Å²) in [6.45, 7) is 1.38. The predicted molar refractivity (Wildman–Crippen MR) is 79.2 cm³/mol. The molecule has 0 aliphatic carbocycles. The number of methoxy groups -OCH3 is 2. The van der Waals surface area contributed by atoms with Crippen LogP contribution in [0.3, 0.4) is 0 Å². The van der Waals surface area contributed by atoms with Crippen LogP contribution in [0.2, 0.25) is 0 Å². The number of benzene rings is 1. The van der Waals surface area contributed by atoms with Crippen molar-refractivity contribution >= 4 is 11.8 Å². The van der Waals surface area contributed by atoms with Crippen LogP contribution in [0.4, 0.5) is 0 Å². The zero-order valence-corrected chi connectivity index (χ0v) is 12.5. The van der Waals surface area contributed by atoms with E-state index in [1.165, 1.54) is 0 Å². The molecule has 2 amide bonds. The van der Waals surface area contributed by atoms with Crippen LogP contribution in [0.5, 0.6) is 5.75 Å². The molecule has 0 aromatic heterocycles. The van der Waals surface area contributed by atoms with E-state index in [4.69, 9.17) is 9.47 Å². The average molecular weight is 294 g/mol. The molecule has 0 bridgehead atoms. The number of hydrogen-bond donors (Lipinski definition) is 2. The first kappa shape index (κ1) is 17.0. The van der Waals surface area contributed by atoms with Crippen molar-refractivity contribution in [2.24, 2.45) is 0 Å². The van der Waals surface area contributed by atoms with Gasteiger partial charge in [0.15, 0.2) is 0 Å². The van der Waals surface area contributed by atoms with Gasteiger partial charge in [-0.2, -0.15) is 0 Å². The van der Waals surface area contributed by atoms with Gasteiger partial charge in [0.2, 0.25) is 0 Å². The van der Waals surface area contributed by atoms with Crippen molar-refractivity contribution in [2.75, 3.05) is 33.9 Å². The number of nitrogens with one attached hydrogen (secondary N) is 2. The molecule has 6 heteroatoms. The molecule has 0 heterocycles. The fraction of sp³-hybridized carbons (Fsp3) is 0.467. The van der Waals surface area contributed by atoms with Gasteiger partial charge in [0.05, 0.1) is 7.11 Å². The number of amides is 2. The summed E-state index contributed by atoms with van der Waals surface area (Å²) in [6, 6.07) is 7.59. The zero-order chi connectivity index (χ0) is 15.5. The van der Waals surface area contributed by atoms with Crippen molar-refractivity contribution in [1.82, 2.24) is 10.6 Å². The number of hydrogen-bond acceptors (Lipinski definition) is 4. The number of carbonyl (C=O) groups excluding carboxylic acids is 2. The molecule has 1 aromatic rings. The van der Waals surface area contributed by atoms with Crippen LogP contribution in [-0.4, -0.2) is 45.7 Å². The van der Waals surface area contributed by atoms with E-state index in [2.05, 4.69) is 10.6 Å². The van der Waals surface area contributed by atoms with Crippen LogP contribution < -0.4 is 15.4 Å². The first-order chi connectivity index (χ1) is 10.2. The van der Waals surface area contributed by atoms with Crippen molar-refractivity contribution in [3.63, 3.8) is 0 Å². The van der Waals surface area contributed by atoms with Crippen molar-refractivity contribution in [2.45, 2.75) is 12.8 Å². The second-order valence-electron chi connectivity index (χ2n) is 4.46. The minimum Gasteiger partial charge on any atom is -0.497 e. The van der Waals surface area contributed by atoms with Gasteiger partial charge in [0.1, 0.15) is 5.75 Å². The fourth-order valence-corrected chi connectivity index (χ4v) is 1.73. The molecule has 0 spiro atoms. The summed E-state index contributed by atoms with van der Waals surface area (Å²) in [5.41, 5.74) is 1.04. The number of ether oxygens (including phenoxy) is 2. The summed E-state index contributed by atoms with van der Waals surface area (Å²) >= 11 is 0. The first-order valence-electron chi connectivity index (χ1n) is 6.85. The van der Waals surface area contributed by atoms with Crippen LogP contribution in [-0.2, 0) is 20.7 Å². The zero-order valence-electron chi connectivity index (χ0n) is 12.5. The first-order valence-corrected chi connectivity index (χ1v) is 6.85. The van der Waals surface area contributed by atoms with E-state index in [-0.39, 0.29) is 0 Å². The van der Waals surface area contributed by atoms with Crippen molar-refractivity contribution < 1.29 is 19.1 Å². The maximum absolute atomic E-state index is 11.5. The number of rotatable bonds is 8. The Balaban J connectivity index is 2.24. The average Bonchev–Trinajstić information content (AvgIpc) is 2.51. The third kappa shape index (κ3) is 6.76. The van der Waals surface area contributed by atoms with Crippen molar-refractivity contribution in [3.05, 3.63) is 29.8 Å². The monoisotopic (exact) mass is 294 g/mol. The summed E-state index contributed by atoms with van der Waals surface area (Å²) in [5.74, 6) is -0.457. The van der Waals surface area contributed by atoms with E-state index in [9.17, 15) is 9.59 Å². The molecule has 0 fully saturated rings. The largest absolute Gasteiger partial charge is 0.497 e. The van der Waals surface area contributed by atoms with Gasteiger partial charge >= 0.3 is 11.8 Å². The van der Waals surface area contributed by atoms with Gasteiger partial charge in [0, 0.05) is 26.8 Å².